The summed E-state index contributed by atoms with van der Waals surface area (Å²) < 4.78 is 13.5. The van der Waals surface area contributed by atoms with E-state index in [9.17, 15) is 9.50 Å². The highest BCUT2D eigenvalue weighted by Gasteiger charge is 2.21. The summed E-state index contributed by atoms with van der Waals surface area (Å²) in [5.41, 5.74) is 0.164. The minimum absolute atomic E-state index is 0.257. The number of hydrogen-bond acceptors (Lipinski definition) is 2. The van der Waals surface area contributed by atoms with Crippen molar-refractivity contribution in [3.05, 3.63) is 35.1 Å². The number of halogens is 1. The third kappa shape index (κ3) is 2.34. The maximum Gasteiger partial charge on any atom is 0.129 e. The van der Waals surface area contributed by atoms with Crippen LogP contribution in [0.3, 0.4) is 0 Å². The Balaban J connectivity index is 3.19. The van der Waals surface area contributed by atoms with Crippen molar-refractivity contribution in [2.24, 2.45) is 0 Å². The molecule has 0 heterocycles. The molecule has 0 aliphatic carbocycles. The minimum atomic E-state index is -0.829. The van der Waals surface area contributed by atoms with Crippen molar-refractivity contribution in [2.75, 3.05) is 0 Å². The summed E-state index contributed by atoms with van der Waals surface area (Å²) in [6.45, 7) is 4.96. The fourth-order valence-corrected chi connectivity index (χ4v) is 1.32. The van der Waals surface area contributed by atoms with Crippen LogP contribution in [0.4, 0.5) is 4.39 Å². The first-order valence-electron chi connectivity index (χ1n) is 4.77. The van der Waals surface area contributed by atoms with Crippen LogP contribution >= 0.6 is 0 Å². The number of rotatable bonds is 2. The van der Waals surface area contributed by atoms with Gasteiger partial charge in [-0.2, -0.15) is 5.26 Å². The first kappa shape index (κ1) is 11.7. The van der Waals surface area contributed by atoms with Gasteiger partial charge in [-0.15, -0.1) is 0 Å². The van der Waals surface area contributed by atoms with E-state index in [1.807, 2.05) is 0 Å². The van der Waals surface area contributed by atoms with E-state index in [1.54, 1.807) is 19.9 Å². The SMILES string of the molecule is CC(O)c1ccc(C(C)(C)C#N)cc1F. The Hall–Kier alpha value is -1.40. The summed E-state index contributed by atoms with van der Waals surface area (Å²) in [6.07, 6.45) is -0.829. The molecule has 15 heavy (non-hydrogen) atoms. The Labute approximate surface area is 89.0 Å². The number of nitriles is 1. The average Bonchev–Trinajstić information content (AvgIpc) is 2.17. The lowest BCUT2D eigenvalue weighted by molar-refractivity contribution is 0.194. The van der Waals surface area contributed by atoms with Gasteiger partial charge in [0.1, 0.15) is 5.82 Å². The van der Waals surface area contributed by atoms with Crippen LogP contribution in [0.5, 0.6) is 0 Å². The van der Waals surface area contributed by atoms with E-state index in [-0.39, 0.29) is 5.56 Å². The first-order valence-corrected chi connectivity index (χ1v) is 4.77. The van der Waals surface area contributed by atoms with Gasteiger partial charge in [0.05, 0.1) is 17.6 Å². The maximum atomic E-state index is 13.5. The number of aliphatic hydroxyl groups excluding tert-OH is 1. The molecule has 1 unspecified atom stereocenters. The molecule has 0 amide bonds. The van der Waals surface area contributed by atoms with Gasteiger partial charge in [0.15, 0.2) is 0 Å². The molecule has 0 aliphatic heterocycles. The molecule has 0 aromatic heterocycles. The summed E-state index contributed by atoms with van der Waals surface area (Å²) in [5.74, 6) is -0.467. The van der Waals surface area contributed by atoms with Crippen LogP contribution < -0.4 is 0 Å². The Morgan fingerprint density at radius 2 is 2.07 bits per heavy atom. The average molecular weight is 207 g/mol. The molecule has 0 radical (unpaired) electrons. The zero-order chi connectivity index (χ0) is 11.6. The van der Waals surface area contributed by atoms with E-state index in [0.717, 1.165) is 0 Å². The summed E-state index contributed by atoms with van der Waals surface area (Å²) in [5, 5.41) is 18.1. The van der Waals surface area contributed by atoms with Gasteiger partial charge in [-0.05, 0) is 32.4 Å². The van der Waals surface area contributed by atoms with Gasteiger partial charge < -0.3 is 5.11 Å². The lowest BCUT2D eigenvalue weighted by atomic mass is 9.85. The Bertz CT molecular complexity index is 405. The molecule has 1 atom stereocenters. The monoisotopic (exact) mass is 207 g/mol. The van der Waals surface area contributed by atoms with E-state index in [1.165, 1.54) is 19.1 Å². The van der Waals surface area contributed by atoms with Gasteiger partial charge in [0.2, 0.25) is 0 Å². The Morgan fingerprint density at radius 1 is 1.47 bits per heavy atom. The molecular weight excluding hydrogens is 193 g/mol. The second-order valence-electron chi connectivity index (χ2n) is 4.15. The van der Waals surface area contributed by atoms with Gasteiger partial charge in [-0.3, -0.25) is 0 Å². The first-order chi connectivity index (χ1) is 6.88. The number of aliphatic hydroxyl groups is 1. The molecule has 3 heteroatoms. The second-order valence-corrected chi connectivity index (χ2v) is 4.15. The number of benzene rings is 1. The van der Waals surface area contributed by atoms with Crippen molar-refractivity contribution >= 4 is 0 Å². The fourth-order valence-electron chi connectivity index (χ4n) is 1.32. The molecule has 0 saturated heterocycles. The van der Waals surface area contributed by atoms with Crippen LogP contribution in [0.25, 0.3) is 0 Å². The van der Waals surface area contributed by atoms with E-state index in [4.69, 9.17) is 5.26 Å². The topological polar surface area (TPSA) is 44.0 Å². The normalized spacial score (nSPS) is 13.3. The van der Waals surface area contributed by atoms with Crippen molar-refractivity contribution in [1.29, 1.82) is 5.26 Å². The van der Waals surface area contributed by atoms with Crippen molar-refractivity contribution in [2.45, 2.75) is 32.3 Å². The highest BCUT2D eigenvalue weighted by molar-refractivity contribution is 5.34. The molecule has 0 bridgehead atoms. The van der Waals surface area contributed by atoms with Crippen molar-refractivity contribution in [3.63, 3.8) is 0 Å². The third-order valence-corrected chi connectivity index (χ3v) is 2.45. The van der Waals surface area contributed by atoms with Crippen LogP contribution in [0.2, 0.25) is 0 Å². The van der Waals surface area contributed by atoms with Crippen LogP contribution in [0.1, 0.15) is 38.0 Å². The van der Waals surface area contributed by atoms with Gasteiger partial charge in [-0.25, -0.2) is 4.39 Å². The number of hydrogen-bond donors (Lipinski definition) is 1. The fraction of sp³-hybridized carbons (Fsp3) is 0.417. The molecular formula is C12H14FNO. The Morgan fingerprint density at radius 3 is 2.47 bits per heavy atom. The molecule has 80 valence electrons. The molecule has 0 aliphatic rings. The van der Waals surface area contributed by atoms with Crippen molar-refractivity contribution < 1.29 is 9.50 Å². The quantitative estimate of drug-likeness (QED) is 0.810. The van der Waals surface area contributed by atoms with E-state index >= 15 is 0 Å². The number of nitrogens with zero attached hydrogens (tertiary/aromatic N) is 1. The lowest BCUT2D eigenvalue weighted by Crippen LogP contribution is -2.14. The molecule has 0 fully saturated rings. The Kier molecular flexibility index (Phi) is 3.11. The van der Waals surface area contributed by atoms with E-state index in [2.05, 4.69) is 6.07 Å². The van der Waals surface area contributed by atoms with Crippen LogP contribution in [-0.2, 0) is 5.41 Å². The van der Waals surface area contributed by atoms with E-state index < -0.39 is 17.3 Å². The highest BCUT2D eigenvalue weighted by atomic mass is 19.1. The van der Waals surface area contributed by atoms with Crippen LogP contribution in [0, 0.1) is 17.1 Å². The molecule has 2 nitrogen and oxygen atoms in total. The predicted octanol–water partition coefficient (Wildman–Crippen LogP) is 2.68. The molecule has 1 rings (SSSR count). The van der Waals surface area contributed by atoms with Gasteiger partial charge in [-0.1, -0.05) is 12.1 Å². The largest absolute Gasteiger partial charge is 0.389 e. The second kappa shape index (κ2) is 4.00. The summed E-state index contributed by atoms with van der Waals surface area (Å²) in [4.78, 5) is 0. The van der Waals surface area contributed by atoms with Gasteiger partial charge in [0, 0.05) is 5.56 Å². The summed E-state index contributed by atoms with van der Waals surface area (Å²) in [6, 6.07) is 6.61. The highest BCUT2D eigenvalue weighted by Crippen LogP contribution is 2.26. The molecule has 1 N–H and O–H groups in total. The molecule has 1 aromatic rings. The van der Waals surface area contributed by atoms with E-state index in [0.29, 0.717) is 5.56 Å². The van der Waals surface area contributed by atoms with Crippen LogP contribution in [0.15, 0.2) is 18.2 Å². The van der Waals surface area contributed by atoms with Gasteiger partial charge >= 0.3 is 0 Å². The standard InChI is InChI=1S/C12H14FNO/c1-8(15)10-5-4-9(6-11(10)13)12(2,3)7-14/h4-6,8,15H,1-3H3. The summed E-state index contributed by atoms with van der Waals surface area (Å²) in [7, 11) is 0. The lowest BCUT2D eigenvalue weighted by Gasteiger charge is -2.17. The zero-order valence-corrected chi connectivity index (χ0v) is 9.08. The molecule has 1 aromatic carbocycles. The third-order valence-electron chi connectivity index (χ3n) is 2.45. The zero-order valence-electron chi connectivity index (χ0n) is 9.08. The smallest absolute Gasteiger partial charge is 0.129 e. The minimum Gasteiger partial charge on any atom is -0.389 e. The summed E-state index contributed by atoms with van der Waals surface area (Å²) >= 11 is 0. The van der Waals surface area contributed by atoms with Crippen molar-refractivity contribution in [3.8, 4) is 6.07 Å². The van der Waals surface area contributed by atoms with Crippen molar-refractivity contribution in [1.82, 2.24) is 0 Å². The predicted molar refractivity (Wildman–Crippen MR) is 55.7 cm³/mol. The van der Waals surface area contributed by atoms with Crippen LogP contribution in [-0.4, -0.2) is 5.11 Å². The molecule has 0 spiro atoms. The maximum absolute atomic E-state index is 13.5. The molecule has 0 saturated carbocycles. The van der Waals surface area contributed by atoms with Gasteiger partial charge in [0.25, 0.3) is 0 Å².